The first-order valence-electron chi connectivity index (χ1n) is 10.7. The van der Waals surface area contributed by atoms with Crippen LogP contribution in [0.3, 0.4) is 0 Å². The molecule has 2 aliphatic heterocycles. The Kier molecular flexibility index (Phi) is 5.02. The van der Waals surface area contributed by atoms with Gasteiger partial charge in [-0.3, -0.25) is 9.59 Å². The van der Waals surface area contributed by atoms with Crippen molar-refractivity contribution >= 4 is 23.1 Å². The number of amides is 2. The van der Waals surface area contributed by atoms with E-state index < -0.39 is 0 Å². The van der Waals surface area contributed by atoms with Gasteiger partial charge in [-0.05, 0) is 54.3 Å². The van der Waals surface area contributed by atoms with Crippen molar-refractivity contribution in [2.75, 3.05) is 18.6 Å². The molecule has 2 aliphatic rings. The van der Waals surface area contributed by atoms with Crippen LogP contribution in [0, 0.1) is 6.92 Å². The number of anilines is 1. The van der Waals surface area contributed by atoms with Crippen LogP contribution >= 0.6 is 0 Å². The van der Waals surface area contributed by atoms with Crippen molar-refractivity contribution in [2.24, 2.45) is 0 Å². The highest BCUT2D eigenvalue weighted by Crippen LogP contribution is 2.37. The molecule has 0 radical (unpaired) electrons. The quantitative estimate of drug-likeness (QED) is 0.585. The van der Waals surface area contributed by atoms with Gasteiger partial charge in [0.1, 0.15) is 11.4 Å². The SMILES string of the molecule is COc1ccc(N2C(=O)C(c3ccc(C)cc3)=C(N3CCc4ccccc4C3)C2=O)cc1. The minimum atomic E-state index is -0.294. The van der Waals surface area contributed by atoms with Crippen LogP contribution in [0.5, 0.6) is 5.75 Å². The summed E-state index contributed by atoms with van der Waals surface area (Å²) in [6.45, 7) is 3.31. The molecule has 0 spiro atoms. The Hall–Kier alpha value is -3.86. The molecule has 0 saturated heterocycles. The molecule has 0 N–H and O–H groups in total. The third-order valence-corrected chi connectivity index (χ3v) is 6.18. The minimum Gasteiger partial charge on any atom is -0.497 e. The summed E-state index contributed by atoms with van der Waals surface area (Å²) in [7, 11) is 1.59. The summed E-state index contributed by atoms with van der Waals surface area (Å²) < 4.78 is 5.23. The summed E-state index contributed by atoms with van der Waals surface area (Å²) in [6, 6.07) is 23.1. The maximum absolute atomic E-state index is 13.7. The zero-order valence-corrected chi connectivity index (χ0v) is 18.2. The van der Waals surface area contributed by atoms with Gasteiger partial charge in [0, 0.05) is 13.1 Å². The molecule has 5 nitrogen and oxygen atoms in total. The van der Waals surface area contributed by atoms with Gasteiger partial charge in [-0.25, -0.2) is 4.90 Å². The first kappa shape index (κ1) is 20.1. The van der Waals surface area contributed by atoms with Crippen molar-refractivity contribution in [1.82, 2.24) is 4.90 Å². The van der Waals surface area contributed by atoms with Gasteiger partial charge in [-0.2, -0.15) is 0 Å². The highest BCUT2D eigenvalue weighted by Gasteiger charge is 2.43. The van der Waals surface area contributed by atoms with Gasteiger partial charge in [0.25, 0.3) is 11.8 Å². The molecule has 160 valence electrons. The Morgan fingerprint density at radius 2 is 1.50 bits per heavy atom. The third kappa shape index (κ3) is 3.36. The number of rotatable bonds is 4. The van der Waals surface area contributed by atoms with Crippen LogP contribution in [0.15, 0.2) is 78.5 Å². The molecule has 32 heavy (non-hydrogen) atoms. The molecule has 2 heterocycles. The fraction of sp³-hybridized carbons (Fsp3) is 0.185. The molecular weight excluding hydrogens is 400 g/mol. The normalized spacial score (nSPS) is 15.9. The third-order valence-electron chi connectivity index (χ3n) is 6.18. The largest absolute Gasteiger partial charge is 0.497 e. The molecule has 5 heteroatoms. The summed E-state index contributed by atoms with van der Waals surface area (Å²) in [6.07, 6.45) is 0.838. The monoisotopic (exact) mass is 424 g/mol. The predicted octanol–water partition coefficient (Wildman–Crippen LogP) is 4.35. The minimum absolute atomic E-state index is 0.282. The fourth-order valence-corrected chi connectivity index (χ4v) is 4.44. The van der Waals surface area contributed by atoms with Crippen molar-refractivity contribution in [3.63, 3.8) is 0 Å². The van der Waals surface area contributed by atoms with E-state index in [1.54, 1.807) is 31.4 Å². The van der Waals surface area contributed by atoms with E-state index in [2.05, 4.69) is 17.0 Å². The summed E-state index contributed by atoms with van der Waals surface area (Å²) in [4.78, 5) is 30.7. The number of hydrogen-bond acceptors (Lipinski definition) is 4. The van der Waals surface area contributed by atoms with Crippen molar-refractivity contribution < 1.29 is 14.3 Å². The Balaban J connectivity index is 1.60. The smallest absolute Gasteiger partial charge is 0.282 e. The summed E-state index contributed by atoms with van der Waals surface area (Å²) in [5.41, 5.74) is 5.83. The van der Waals surface area contributed by atoms with Gasteiger partial charge in [0.15, 0.2) is 0 Å². The van der Waals surface area contributed by atoms with Gasteiger partial charge in [0.2, 0.25) is 0 Å². The summed E-state index contributed by atoms with van der Waals surface area (Å²) in [5.74, 6) is 0.0976. The maximum atomic E-state index is 13.7. The first-order valence-corrected chi connectivity index (χ1v) is 10.7. The zero-order valence-electron chi connectivity index (χ0n) is 18.2. The van der Waals surface area contributed by atoms with Crippen molar-refractivity contribution in [1.29, 1.82) is 0 Å². The van der Waals surface area contributed by atoms with Crippen LogP contribution in [-0.4, -0.2) is 30.4 Å². The zero-order chi connectivity index (χ0) is 22.2. The van der Waals surface area contributed by atoms with Crippen LogP contribution < -0.4 is 9.64 Å². The van der Waals surface area contributed by atoms with Gasteiger partial charge < -0.3 is 9.64 Å². The van der Waals surface area contributed by atoms with E-state index in [0.717, 1.165) is 17.5 Å². The lowest BCUT2D eigenvalue weighted by Crippen LogP contribution is -2.37. The second kappa shape index (κ2) is 8.00. The number of carbonyl (C=O) groups excluding carboxylic acids is 2. The number of ether oxygens (including phenoxy) is 1. The van der Waals surface area contributed by atoms with Crippen LogP contribution in [0.2, 0.25) is 0 Å². The van der Waals surface area contributed by atoms with Crippen molar-refractivity contribution in [2.45, 2.75) is 19.9 Å². The summed E-state index contributed by atoms with van der Waals surface area (Å²) in [5, 5.41) is 0. The van der Waals surface area contributed by atoms with Crippen molar-refractivity contribution in [3.8, 4) is 5.75 Å². The molecule has 0 aliphatic carbocycles. The second-order valence-corrected chi connectivity index (χ2v) is 8.17. The Bertz CT molecular complexity index is 1230. The van der Waals surface area contributed by atoms with Gasteiger partial charge in [0.05, 0.1) is 18.4 Å². The number of methoxy groups -OCH3 is 1. The number of carbonyl (C=O) groups is 2. The van der Waals surface area contributed by atoms with Gasteiger partial charge in [-0.15, -0.1) is 0 Å². The van der Waals surface area contributed by atoms with E-state index in [1.165, 1.54) is 16.0 Å². The highest BCUT2D eigenvalue weighted by molar-refractivity contribution is 6.45. The molecule has 0 aromatic heterocycles. The molecule has 0 atom stereocenters. The van der Waals surface area contributed by atoms with E-state index in [0.29, 0.717) is 35.8 Å². The van der Waals surface area contributed by atoms with E-state index in [1.807, 2.05) is 43.3 Å². The van der Waals surface area contributed by atoms with Crippen molar-refractivity contribution in [3.05, 3.63) is 101 Å². The molecular formula is C27H24N2O3. The topological polar surface area (TPSA) is 49.9 Å². The molecule has 0 bridgehead atoms. The Morgan fingerprint density at radius 3 is 2.19 bits per heavy atom. The van der Waals surface area contributed by atoms with Gasteiger partial charge in [-0.1, -0.05) is 54.1 Å². The first-order chi connectivity index (χ1) is 15.6. The molecule has 2 amide bonds. The van der Waals surface area contributed by atoms with E-state index in [9.17, 15) is 9.59 Å². The van der Waals surface area contributed by atoms with Gasteiger partial charge >= 0.3 is 0 Å². The van der Waals surface area contributed by atoms with E-state index >= 15 is 0 Å². The van der Waals surface area contributed by atoms with E-state index in [-0.39, 0.29) is 11.8 Å². The van der Waals surface area contributed by atoms with Crippen LogP contribution in [0.25, 0.3) is 5.57 Å². The van der Waals surface area contributed by atoms with E-state index in [4.69, 9.17) is 4.74 Å². The number of benzene rings is 3. The number of imide groups is 1. The lowest BCUT2D eigenvalue weighted by Gasteiger charge is -2.31. The second-order valence-electron chi connectivity index (χ2n) is 8.17. The molecule has 0 fully saturated rings. The lowest BCUT2D eigenvalue weighted by molar-refractivity contribution is -0.120. The molecule has 0 unspecified atom stereocenters. The number of nitrogens with zero attached hydrogens (tertiary/aromatic N) is 2. The predicted molar refractivity (Wildman–Crippen MR) is 124 cm³/mol. The highest BCUT2D eigenvalue weighted by atomic mass is 16.5. The number of hydrogen-bond donors (Lipinski definition) is 0. The van der Waals surface area contributed by atoms with Crippen LogP contribution in [0.1, 0.15) is 22.3 Å². The van der Waals surface area contributed by atoms with Crippen LogP contribution in [0.4, 0.5) is 5.69 Å². The standard InChI is InChI=1S/C27H24N2O3/c1-18-7-9-20(10-8-18)24-25(28-16-15-19-5-3-4-6-21(19)17-28)27(31)29(26(24)30)22-11-13-23(32-2)14-12-22/h3-14H,15-17H2,1-2H3. The average Bonchev–Trinajstić information content (AvgIpc) is 3.09. The van der Waals surface area contributed by atoms with Crippen LogP contribution in [-0.2, 0) is 22.6 Å². The average molecular weight is 425 g/mol. The number of aryl methyl sites for hydroxylation is 1. The Labute approximate surface area is 187 Å². The maximum Gasteiger partial charge on any atom is 0.282 e. The number of fused-ring (bicyclic) bond motifs is 1. The Morgan fingerprint density at radius 1 is 0.812 bits per heavy atom. The molecule has 3 aromatic carbocycles. The lowest BCUT2D eigenvalue weighted by atomic mass is 9.97. The molecule has 5 rings (SSSR count). The molecule has 0 saturated carbocycles. The fourth-order valence-electron chi connectivity index (χ4n) is 4.44. The summed E-state index contributed by atoms with van der Waals surface area (Å²) >= 11 is 0. The molecule has 3 aromatic rings.